The average molecular weight is 266 g/mol. The highest BCUT2D eigenvalue weighted by Crippen LogP contribution is 2.22. The van der Waals surface area contributed by atoms with Gasteiger partial charge in [0.1, 0.15) is 6.10 Å². The van der Waals surface area contributed by atoms with Gasteiger partial charge in [-0.1, -0.05) is 45.4 Å². The van der Waals surface area contributed by atoms with Gasteiger partial charge in [0.05, 0.1) is 0 Å². The molecule has 0 aliphatic carbocycles. The molecule has 0 aliphatic rings. The first-order valence-corrected chi connectivity index (χ1v) is 7.63. The fourth-order valence-electron chi connectivity index (χ4n) is 2.27. The molecule has 2 heteroatoms. The van der Waals surface area contributed by atoms with E-state index in [2.05, 4.69) is 32.6 Å². The Hall–Kier alpha value is -1.05. The smallest absolute Gasteiger partial charge is 0.330 e. The second-order valence-corrected chi connectivity index (χ2v) is 5.06. The summed E-state index contributed by atoms with van der Waals surface area (Å²) >= 11 is 0. The van der Waals surface area contributed by atoms with Crippen LogP contribution in [0.15, 0.2) is 24.8 Å². The normalized spacial score (nSPS) is 14.3. The van der Waals surface area contributed by atoms with Crippen molar-refractivity contribution in [1.29, 1.82) is 0 Å². The average Bonchev–Trinajstić information content (AvgIpc) is 2.41. The Kier molecular flexibility index (Phi) is 11.3. The lowest BCUT2D eigenvalue weighted by Gasteiger charge is -2.23. The molecule has 110 valence electrons. The molecule has 0 fully saturated rings. The largest absolute Gasteiger partial charge is 0.459 e. The molecule has 2 nitrogen and oxygen atoms in total. The van der Waals surface area contributed by atoms with Crippen LogP contribution in [0.3, 0.4) is 0 Å². The molecule has 0 saturated heterocycles. The maximum atomic E-state index is 11.2. The van der Waals surface area contributed by atoms with Gasteiger partial charge in [-0.3, -0.25) is 0 Å². The number of allylic oxidation sites excluding steroid dienone is 2. The van der Waals surface area contributed by atoms with Crippen LogP contribution in [0.4, 0.5) is 0 Å². The van der Waals surface area contributed by atoms with Gasteiger partial charge in [-0.2, -0.15) is 0 Å². The first-order valence-electron chi connectivity index (χ1n) is 7.63. The molecular formula is C17H30O2. The van der Waals surface area contributed by atoms with Crippen molar-refractivity contribution >= 4 is 5.97 Å². The van der Waals surface area contributed by atoms with E-state index in [0.717, 1.165) is 32.1 Å². The lowest BCUT2D eigenvalue weighted by molar-refractivity contribution is -0.144. The van der Waals surface area contributed by atoms with Crippen molar-refractivity contribution in [2.75, 3.05) is 0 Å². The summed E-state index contributed by atoms with van der Waals surface area (Å²) < 4.78 is 5.34. The maximum absolute atomic E-state index is 11.2. The molecule has 0 aliphatic heterocycles. The molecule has 2 atom stereocenters. The third-order valence-corrected chi connectivity index (χ3v) is 3.39. The van der Waals surface area contributed by atoms with E-state index in [-0.39, 0.29) is 12.1 Å². The van der Waals surface area contributed by atoms with Crippen LogP contribution in [0.1, 0.15) is 65.7 Å². The summed E-state index contributed by atoms with van der Waals surface area (Å²) in [5.41, 5.74) is 0. The minimum atomic E-state index is -0.306. The third-order valence-electron chi connectivity index (χ3n) is 3.39. The van der Waals surface area contributed by atoms with Crippen LogP contribution < -0.4 is 0 Å². The summed E-state index contributed by atoms with van der Waals surface area (Å²) in [5.74, 6) is 0.170. The lowest BCUT2D eigenvalue weighted by atomic mass is 9.92. The summed E-state index contributed by atoms with van der Waals surface area (Å²) in [4.78, 5) is 11.2. The molecule has 0 aromatic rings. The van der Waals surface area contributed by atoms with Crippen molar-refractivity contribution in [3.05, 3.63) is 24.8 Å². The highest BCUT2D eigenvalue weighted by Gasteiger charge is 2.18. The SMILES string of the molecule is C=CC(=O)OC(C)C(CCC)CCCC/C=C/CC. The topological polar surface area (TPSA) is 26.3 Å². The number of unbranched alkanes of at least 4 members (excludes halogenated alkanes) is 2. The number of rotatable bonds is 11. The predicted octanol–water partition coefficient (Wildman–Crippen LogP) is 5.05. The van der Waals surface area contributed by atoms with Crippen LogP contribution in [0.5, 0.6) is 0 Å². The molecule has 2 unspecified atom stereocenters. The molecule has 19 heavy (non-hydrogen) atoms. The molecule has 0 aromatic heterocycles. The fourth-order valence-corrected chi connectivity index (χ4v) is 2.27. The summed E-state index contributed by atoms with van der Waals surface area (Å²) in [6.07, 6.45) is 13.8. The van der Waals surface area contributed by atoms with Crippen LogP contribution in [0.2, 0.25) is 0 Å². The zero-order valence-corrected chi connectivity index (χ0v) is 12.9. The van der Waals surface area contributed by atoms with E-state index < -0.39 is 0 Å². The van der Waals surface area contributed by atoms with Crippen LogP contribution in [-0.2, 0) is 9.53 Å². The van der Waals surface area contributed by atoms with E-state index in [1.807, 2.05) is 6.92 Å². The molecule has 0 saturated carbocycles. The van der Waals surface area contributed by atoms with Gasteiger partial charge in [-0.15, -0.1) is 0 Å². The zero-order chi connectivity index (χ0) is 14.5. The highest BCUT2D eigenvalue weighted by molar-refractivity contribution is 5.81. The minimum absolute atomic E-state index is 0.00312. The molecule has 0 rings (SSSR count). The quantitative estimate of drug-likeness (QED) is 0.226. The van der Waals surface area contributed by atoms with Gasteiger partial charge in [0.2, 0.25) is 0 Å². The molecule has 0 amide bonds. The highest BCUT2D eigenvalue weighted by atomic mass is 16.5. The minimum Gasteiger partial charge on any atom is -0.459 e. The van der Waals surface area contributed by atoms with Gasteiger partial charge in [0.15, 0.2) is 0 Å². The van der Waals surface area contributed by atoms with Gasteiger partial charge >= 0.3 is 5.97 Å². The van der Waals surface area contributed by atoms with Crippen LogP contribution in [0, 0.1) is 5.92 Å². The Morgan fingerprint density at radius 2 is 1.95 bits per heavy atom. The zero-order valence-electron chi connectivity index (χ0n) is 12.9. The van der Waals surface area contributed by atoms with Crippen molar-refractivity contribution in [2.24, 2.45) is 5.92 Å². The summed E-state index contributed by atoms with van der Waals surface area (Å²) in [6, 6.07) is 0. The van der Waals surface area contributed by atoms with Crippen LogP contribution in [-0.4, -0.2) is 12.1 Å². The molecule has 0 N–H and O–H groups in total. The van der Waals surface area contributed by atoms with Crippen LogP contribution in [0.25, 0.3) is 0 Å². The Bertz CT molecular complexity index is 268. The van der Waals surface area contributed by atoms with Gasteiger partial charge < -0.3 is 4.74 Å². The Morgan fingerprint density at radius 1 is 1.21 bits per heavy atom. The van der Waals surface area contributed by atoms with E-state index in [1.54, 1.807) is 0 Å². The number of carbonyl (C=O) groups is 1. The van der Waals surface area contributed by atoms with E-state index in [0.29, 0.717) is 5.92 Å². The summed E-state index contributed by atoms with van der Waals surface area (Å²) in [5, 5.41) is 0. The third kappa shape index (κ3) is 9.52. The Balaban J connectivity index is 3.99. The Labute approximate surface area is 118 Å². The van der Waals surface area contributed by atoms with Gasteiger partial charge in [0.25, 0.3) is 0 Å². The van der Waals surface area contributed by atoms with Gasteiger partial charge in [-0.25, -0.2) is 4.79 Å². The molecule has 0 aromatic carbocycles. The van der Waals surface area contributed by atoms with E-state index in [9.17, 15) is 4.79 Å². The lowest BCUT2D eigenvalue weighted by Crippen LogP contribution is -2.23. The monoisotopic (exact) mass is 266 g/mol. The molecule has 0 radical (unpaired) electrons. The Morgan fingerprint density at radius 3 is 2.53 bits per heavy atom. The molecular weight excluding hydrogens is 236 g/mol. The fraction of sp³-hybridized carbons (Fsp3) is 0.706. The van der Waals surface area contributed by atoms with Crippen LogP contribution >= 0.6 is 0 Å². The first kappa shape index (κ1) is 17.9. The number of carbonyl (C=O) groups excluding carboxylic acids is 1. The number of hydrogen-bond acceptors (Lipinski definition) is 2. The second kappa shape index (κ2) is 12.0. The first-order chi connectivity index (χ1) is 9.15. The number of ether oxygens (including phenoxy) is 1. The van der Waals surface area contributed by atoms with E-state index in [1.165, 1.54) is 18.9 Å². The predicted molar refractivity (Wildman–Crippen MR) is 82.0 cm³/mol. The van der Waals surface area contributed by atoms with Crippen molar-refractivity contribution in [3.63, 3.8) is 0 Å². The second-order valence-electron chi connectivity index (χ2n) is 5.06. The van der Waals surface area contributed by atoms with Crippen molar-refractivity contribution in [3.8, 4) is 0 Å². The number of hydrogen-bond donors (Lipinski definition) is 0. The number of esters is 1. The molecule has 0 heterocycles. The summed E-state index contributed by atoms with van der Waals surface area (Å²) in [6.45, 7) is 9.78. The van der Waals surface area contributed by atoms with Crippen molar-refractivity contribution < 1.29 is 9.53 Å². The van der Waals surface area contributed by atoms with Crippen molar-refractivity contribution in [1.82, 2.24) is 0 Å². The molecule has 0 bridgehead atoms. The summed E-state index contributed by atoms with van der Waals surface area (Å²) in [7, 11) is 0. The van der Waals surface area contributed by atoms with Gasteiger partial charge in [-0.05, 0) is 44.9 Å². The van der Waals surface area contributed by atoms with E-state index >= 15 is 0 Å². The van der Waals surface area contributed by atoms with E-state index in [4.69, 9.17) is 4.74 Å². The van der Waals surface area contributed by atoms with Crippen molar-refractivity contribution in [2.45, 2.75) is 71.8 Å². The standard InChI is InChI=1S/C17H30O2/c1-5-8-9-10-11-12-14-16(13-6-2)15(4)19-17(18)7-3/h7-9,15-16H,3,5-6,10-14H2,1-2,4H3/b9-8+. The maximum Gasteiger partial charge on any atom is 0.330 e. The van der Waals surface area contributed by atoms with Gasteiger partial charge in [0, 0.05) is 6.08 Å². The molecule has 0 spiro atoms.